The molecule has 1 aliphatic rings. The van der Waals surface area contributed by atoms with E-state index in [9.17, 15) is 0 Å². The third-order valence-corrected chi connectivity index (χ3v) is 7.53. The van der Waals surface area contributed by atoms with Crippen molar-refractivity contribution in [3.05, 3.63) is 50.5 Å². The zero-order valence-electron chi connectivity index (χ0n) is 11.0. The second-order valence-corrected chi connectivity index (χ2v) is 12.6. The molecule has 0 fully saturated rings. The monoisotopic (exact) mass is 465 g/mol. The molecule has 2 rings (SSSR count). The summed E-state index contributed by atoms with van der Waals surface area (Å²) in [5, 5.41) is 1.71. The van der Waals surface area contributed by atoms with E-state index in [0.29, 0.717) is 0 Å². The molecule has 1 aliphatic carbocycles. The van der Waals surface area contributed by atoms with Crippen molar-refractivity contribution in [3.63, 3.8) is 0 Å². The minimum absolute atomic E-state index is 0. The molecule has 4 heteroatoms. The van der Waals surface area contributed by atoms with Crippen molar-refractivity contribution in [1.82, 2.24) is 0 Å². The first-order chi connectivity index (χ1) is 7.48. The average Bonchev–Trinajstić information content (AvgIpc) is 2.61. The van der Waals surface area contributed by atoms with Crippen LogP contribution in [0.4, 0.5) is 0 Å². The zero-order chi connectivity index (χ0) is 11.8. The Labute approximate surface area is 138 Å². The number of allylic oxidation sites excluding steroid dienone is 4. The maximum absolute atomic E-state index is 2.48. The van der Waals surface area contributed by atoms with Crippen molar-refractivity contribution in [2.24, 2.45) is 0 Å². The molecule has 0 saturated carbocycles. The van der Waals surface area contributed by atoms with Gasteiger partial charge in [0.1, 0.15) is 0 Å². The summed E-state index contributed by atoms with van der Waals surface area (Å²) in [5.41, 5.74) is 2.94. The molecular weight excluding hydrogens is 446 g/mol. The van der Waals surface area contributed by atoms with E-state index in [1.165, 1.54) is 41.9 Å². The Morgan fingerprint density at radius 3 is 2.00 bits per heavy atom. The molecule has 1 aromatic carbocycles. The van der Waals surface area contributed by atoms with Gasteiger partial charge in [0, 0.05) is 0 Å². The van der Waals surface area contributed by atoms with Gasteiger partial charge >= 0.3 is 115 Å². The van der Waals surface area contributed by atoms with E-state index < -0.39 is 8.07 Å². The quantitative estimate of drug-likeness (QED) is 0.541. The standard InChI is InChI=1S/C14H17Si.2ClH.Hf/c1-15(2,3)14-10-9-13(11-14)12-7-5-4-6-8-12;;;/h4-8,11H,9H2,1-3H3;2*1H;. The van der Waals surface area contributed by atoms with E-state index in [4.69, 9.17) is 0 Å². The summed E-state index contributed by atoms with van der Waals surface area (Å²) in [4.78, 5) is 0. The van der Waals surface area contributed by atoms with Crippen LogP contribution in [-0.2, 0) is 24.4 Å². The molecule has 0 atom stereocenters. The molecule has 0 saturated heterocycles. The summed E-state index contributed by atoms with van der Waals surface area (Å²) in [6.45, 7) is 7.35. The van der Waals surface area contributed by atoms with Gasteiger partial charge in [0.2, 0.25) is 0 Å². The molecule has 0 unspecified atom stereocenters. The second kappa shape index (κ2) is 7.23. The first-order valence-corrected chi connectivity index (χ1v) is 11.0. The van der Waals surface area contributed by atoms with Gasteiger partial charge in [-0.3, -0.25) is 0 Å². The van der Waals surface area contributed by atoms with Crippen LogP contribution in [0, 0.1) is 0 Å². The van der Waals surface area contributed by atoms with Crippen molar-refractivity contribution >= 4 is 38.5 Å². The summed E-state index contributed by atoms with van der Waals surface area (Å²) in [7, 11) is -1.12. The largest absolute Gasteiger partial charge is 0.147 e. The summed E-state index contributed by atoms with van der Waals surface area (Å²) in [6.07, 6.45) is 3.68. The molecule has 0 aliphatic heterocycles. The first kappa shape index (κ1) is 18.4. The van der Waals surface area contributed by atoms with Gasteiger partial charge < -0.3 is 0 Å². The van der Waals surface area contributed by atoms with Crippen molar-refractivity contribution in [3.8, 4) is 0 Å². The van der Waals surface area contributed by atoms with Crippen molar-refractivity contribution in [2.45, 2.75) is 26.1 Å². The van der Waals surface area contributed by atoms with E-state index in [1.54, 1.807) is 8.53 Å². The zero-order valence-corrected chi connectivity index (χ0v) is 17.2. The fraction of sp³-hybridized carbons (Fsp3) is 0.286. The Bertz CT molecular complexity index is 458. The predicted octanol–water partition coefficient (Wildman–Crippen LogP) is 5.00. The van der Waals surface area contributed by atoms with Crippen LogP contribution in [0.5, 0.6) is 0 Å². The minimum Gasteiger partial charge on any atom is -0.147 e. The molecule has 0 N–H and O–H groups in total. The van der Waals surface area contributed by atoms with Gasteiger partial charge in [-0.15, -0.1) is 24.8 Å². The molecule has 18 heavy (non-hydrogen) atoms. The summed E-state index contributed by atoms with van der Waals surface area (Å²) < 4.78 is 1.72. The fourth-order valence-corrected chi connectivity index (χ4v) is 8.69. The molecule has 0 heterocycles. The van der Waals surface area contributed by atoms with Crippen LogP contribution in [0.15, 0.2) is 44.9 Å². The smallest absolute Gasteiger partial charge is 0.147 e. The first-order valence-electron chi connectivity index (χ1n) is 5.70. The Kier molecular flexibility index (Phi) is 7.38. The van der Waals surface area contributed by atoms with Gasteiger partial charge in [-0.1, -0.05) is 0 Å². The maximum atomic E-state index is 2.48. The van der Waals surface area contributed by atoms with Crippen LogP contribution >= 0.6 is 24.8 Å². The van der Waals surface area contributed by atoms with Crippen LogP contribution in [-0.4, -0.2) is 8.07 Å². The number of hydrogen-bond donors (Lipinski definition) is 0. The van der Waals surface area contributed by atoms with Gasteiger partial charge in [0.15, 0.2) is 0 Å². The van der Waals surface area contributed by atoms with Gasteiger partial charge in [0.05, 0.1) is 0 Å². The van der Waals surface area contributed by atoms with Gasteiger partial charge in [-0.05, 0) is 0 Å². The molecule has 0 radical (unpaired) electrons. The third kappa shape index (κ3) is 4.19. The second-order valence-electron chi connectivity index (χ2n) is 5.35. The molecule has 0 amide bonds. The van der Waals surface area contributed by atoms with Crippen LogP contribution in [0.25, 0.3) is 5.57 Å². The van der Waals surface area contributed by atoms with E-state index in [1.807, 2.05) is 0 Å². The molecule has 0 nitrogen and oxygen atoms in total. The van der Waals surface area contributed by atoms with Gasteiger partial charge in [0.25, 0.3) is 0 Å². The van der Waals surface area contributed by atoms with E-state index in [-0.39, 0.29) is 24.8 Å². The summed E-state index contributed by atoms with van der Waals surface area (Å²) >= 11 is 1.22. The van der Waals surface area contributed by atoms with Crippen LogP contribution in [0.3, 0.4) is 0 Å². The average molecular weight is 465 g/mol. The van der Waals surface area contributed by atoms with Gasteiger partial charge in [-0.2, -0.15) is 0 Å². The Morgan fingerprint density at radius 1 is 1.00 bits per heavy atom. The number of halogens is 2. The topological polar surface area (TPSA) is 0 Å². The Morgan fingerprint density at radius 2 is 1.56 bits per heavy atom. The molecular formula is C14H19Cl2HfSi. The third-order valence-electron chi connectivity index (χ3n) is 2.96. The minimum atomic E-state index is -1.12. The molecule has 1 aromatic rings. The summed E-state index contributed by atoms with van der Waals surface area (Å²) in [5.74, 6) is 0. The molecule has 97 valence electrons. The maximum Gasteiger partial charge on any atom is -0.147 e. The fourth-order valence-electron chi connectivity index (χ4n) is 2.10. The molecule has 0 bridgehead atoms. The number of benzene rings is 1. The van der Waals surface area contributed by atoms with E-state index in [2.05, 4.69) is 56.0 Å². The van der Waals surface area contributed by atoms with Crippen LogP contribution < -0.4 is 0 Å². The number of hydrogen-bond acceptors (Lipinski definition) is 0. The van der Waals surface area contributed by atoms with Gasteiger partial charge in [-0.25, -0.2) is 0 Å². The van der Waals surface area contributed by atoms with E-state index >= 15 is 0 Å². The predicted molar refractivity (Wildman–Crippen MR) is 83.9 cm³/mol. The molecule has 0 spiro atoms. The van der Waals surface area contributed by atoms with Crippen molar-refractivity contribution in [1.29, 1.82) is 0 Å². The Balaban J connectivity index is 0.00000144. The number of rotatable bonds is 2. The van der Waals surface area contributed by atoms with E-state index in [0.717, 1.165) is 0 Å². The van der Waals surface area contributed by atoms with Crippen molar-refractivity contribution in [2.75, 3.05) is 0 Å². The molecule has 0 aromatic heterocycles. The summed E-state index contributed by atoms with van der Waals surface area (Å²) in [6, 6.07) is 10.8. The SMILES string of the molecule is C[Si](C)(C)C1=[C]([Hf])CC(c2ccccc2)=C1.Cl.Cl. The van der Waals surface area contributed by atoms with Crippen LogP contribution in [0.1, 0.15) is 12.0 Å². The van der Waals surface area contributed by atoms with Crippen LogP contribution in [0.2, 0.25) is 19.6 Å². The Hall–Kier alpha value is 0.367. The van der Waals surface area contributed by atoms with Crippen molar-refractivity contribution < 1.29 is 24.4 Å². The normalized spacial score (nSPS) is 14.7.